The molecule has 1 heterocycles. The van der Waals surface area contributed by atoms with Crippen molar-refractivity contribution in [3.05, 3.63) is 45.8 Å². The molecule has 1 aliphatic carbocycles. The van der Waals surface area contributed by atoms with Crippen molar-refractivity contribution < 1.29 is 18.0 Å². The van der Waals surface area contributed by atoms with Crippen molar-refractivity contribution in [2.24, 2.45) is 11.7 Å². The highest BCUT2D eigenvalue weighted by Gasteiger charge is 2.28. The number of nitrogens with two attached hydrogens (primary N) is 1. The van der Waals surface area contributed by atoms with Crippen molar-refractivity contribution in [1.82, 2.24) is 0 Å². The van der Waals surface area contributed by atoms with Crippen LogP contribution in [0.25, 0.3) is 0 Å². The maximum absolute atomic E-state index is 12.8. The Balaban J connectivity index is 2.00. The lowest BCUT2D eigenvalue weighted by atomic mass is 9.88. The van der Waals surface area contributed by atoms with E-state index < -0.39 is 21.7 Å². The molecule has 1 unspecified atom stereocenters. The van der Waals surface area contributed by atoms with Crippen LogP contribution in [0.15, 0.2) is 29.2 Å². The smallest absolute Gasteiger partial charge is 0.257 e. The van der Waals surface area contributed by atoms with Gasteiger partial charge in [-0.3, -0.25) is 9.59 Å². The van der Waals surface area contributed by atoms with E-state index in [0.717, 1.165) is 29.7 Å². The van der Waals surface area contributed by atoms with E-state index in [4.69, 9.17) is 5.73 Å². The normalized spacial score (nSPS) is 16.6. The van der Waals surface area contributed by atoms with Gasteiger partial charge in [-0.15, -0.1) is 11.3 Å². The van der Waals surface area contributed by atoms with E-state index in [1.165, 1.54) is 30.4 Å². The first-order chi connectivity index (χ1) is 12.7. The fourth-order valence-electron chi connectivity index (χ4n) is 3.35. The first-order valence-corrected chi connectivity index (χ1v) is 11.3. The highest BCUT2D eigenvalue weighted by atomic mass is 32.2. The fraction of sp³-hybridized carbons (Fsp3) is 0.368. The minimum absolute atomic E-state index is 0.0134. The van der Waals surface area contributed by atoms with Gasteiger partial charge in [-0.2, -0.15) is 0 Å². The zero-order valence-corrected chi connectivity index (χ0v) is 16.9. The number of thiophene rings is 1. The van der Waals surface area contributed by atoms with Gasteiger partial charge in [0.1, 0.15) is 5.00 Å². The third-order valence-electron chi connectivity index (χ3n) is 4.83. The van der Waals surface area contributed by atoms with Crippen LogP contribution >= 0.6 is 11.3 Å². The quantitative estimate of drug-likeness (QED) is 0.796. The molecule has 3 rings (SSSR count). The molecular weight excluding hydrogens is 384 g/mol. The molecule has 8 heteroatoms. The predicted molar refractivity (Wildman–Crippen MR) is 106 cm³/mol. The zero-order valence-electron chi connectivity index (χ0n) is 15.2. The van der Waals surface area contributed by atoms with Crippen LogP contribution in [0.4, 0.5) is 5.00 Å². The van der Waals surface area contributed by atoms with Crippen molar-refractivity contribution >= 4 is 38.0 Å². The van der Waals surface area contributed by atoms with Crippen molar-refractivity contribution in [2.75, 3.05) is 11.1 Å². The Bertz CT molecular complexity index is 1010. The monoisotopic (exact) mass is 406 g/mol. The lowest BCUT2D eigenvalue weighted by Gasteiger charge is -2.18. The molecule has 3 N–H and O–H groups in total. The molecule has 0 spiro atoms. The maximum atomic E-state index is 12.8. The third kappa shape index (κ3) is 3.77. The Hall–Kier alpha value is -2.19. The van der Waals surface area contributed by atoms with E-state index in [2.05, 4.69) is 12.2 Å². The molecule has 0 aliphatic heterocycles. The van der Waals surface area contributed by atoms with Crippen molar-refractivity contribution in [3.8, 4) is 0 Å². The molecule has 1 atom stereocenters. The van der Waals surface area contributed by atoms with Crippen LogP contribution in [0.5, 0.6) is 0 Å². The van der Waals surface area contributed by atoms with Gasteiger partial charge >= 0.3 is 0 Å². The van der Waals surface area contributed by atoms with Gasteiger partial charge < -0.3 is 11.1 Å². The number of hydrogen-bond donors (Lipinski definition) is 2. The topological polar surface area (TPSA) is 106 Å². The molecule has 6 nitrogen and oxygen atoms in total. The minimum Gasteiger partial charge on any atom is -0.365 e. The molecule has 0 bridgehead atoms. The van der Waals surface area contributed by atoms with Gasteiger partial charge in [0.15, 0.2) is 9.84 Å². The largest absolute Gasteiger partial charge is 0.365 e. The van der Waals surface area contributed by atoms with E-state index in [-0.39, 0.29) is 16.2 Å². The molecule has 1 aromatic carbocycles. The molecule has 27 heavy (non-hydrogen) atoms. The van der Waals surface area contributed by atoms with Gasteiger partial charge in [-0.25, -0.2) is 8.42 Å². The number of hydrogen-bond acceptors (Lipinski definition) is 5. The molecule has 0 fully saturated rings. The van der Waals surface area contributed by atoms with Crippen LogP contribution < -0.4 is 11.1 Å². The Kier molecular flexibility index (Phi) is 5.39. The van der Waals surface area contributed by atoms with Crippen LogP contribution in [-0.2, 0) is 22.7 Å². The summed E-state index contributed by atoms with van der Waals surface area (Å²) in [4.78, 5) is 25.9. The van der Waals surface area contributed by atoms with Gasteiger partial charge in [-0.1, -0.05) is 26.0 Å². The number of fused-ring (bicyclic) bond motifs is 1. The Labute approximate surface area is 162 Å². The number of benzene rings is 1. The number of rotatable bonds is 5. The van der Waals surface area contributed by atoms with E-state index in [9.17, 15) is 18.0 Å². The van der Waals surface area contributed by atoms with Crippen molar-refractivity contribution in [2.45, 2.75) is 38.0 Å². The Morgan fingerprint density at radius 2 is 2.00 bits per heavy atom. The fourth-order valence-corrected chi connectivity index (χ4v) is 5.85. The van der Waals surface area contributed by atoms with E-state index in [1.807, 2.05) is 0 Å². The highest BCUT2D eigenvalue weighted by molar-refractivity contribution is 7.91. The lowest BCUT2D eigenvalue weighted by molar-refractivity contribution is 0.1000. The zero-order chi connectivity index (χ0) is 19.8. The SMILES string of the molecule is CCS(=O)(=O)c1ccccc1C(=O)Nc1sc2c(c1C(N)=O)CCC(C)C2. The van der Waals surface area contributed by atoms with Crippen LogP contribution in [0.3, 0.4) is 0 Å². The molecule has 1 aromatic heterocycles. The average molecular weight is 407 g/mol. The van der Waals surface area contributed by atoms with Crippen LogP contribution in [0.1, 0.15) is 51.4 Å². The molecule has 0 saturated carbocycles. The van der Waals surface area contributed by atoms with E-state index in [1.54, 1.807) is 12.1 Å². The summed E-state index contributed by atoms with van der Waals surface area (Å²) >= 11 is 1.35. The minimum atomic E-state index is -3.55. The standard InChI is InChI=1S/C19H22N2O4S2/c1-3-27(24,25)15-7-5-4-6-13(15)18(23)21-19-16(17(20)22)12-9-8-11(2)10-14(12)26-19/h4-7,11H,3,8-10H2,1-2H3,(H2,20,22)(H,21,23). The summed E-state index contributed by atoms with van der Waals surface area (Å²) in [6, 6.07) is 6.08. The highest BCUT2D eigenvalue weighted by Crippen LogP contribution is 2.39. The lowest BCUT2D eigenvalue weighted by Crippen LogP contribution is -2.20. The summed E-state index contributed by atoms with van der Waals surface area (Å²) < 4.78 is 24.6. The Morgan fingerprint density at radius 3 is 2.67 bits per heavy atom. The number of nitrogens with one attached hydrogen (secondary N) is 1. The summed E-state index contributed by atoms with van der Waals surface area (Å²) in [6.45, 7) is 3.68. The molecular formula is C19H22N2O4S2. The number of anilines is 1. The number of sulfone groups is 1. The molecule has 2 amide bonds. The van der Waals surface area contributed by atoms with Gasteiger partial charge in [0.25, 0.3) is 11.8 Å². The first-order valence-electron chi connectivity index (χ1n) is 8.82. The second-order valence-corrected chi connectivity index (χ2v) is 10.1. The molecule has 2 aromatic rings. The second kappa shape index (κ2) is 7.44. The average Bonchev–Trinajstić information content (AvgIpc) is 2.98. The van der Waals surface area contributed by atoms with E-state index >= 15 is 0 Å². The van der Waals surface area contributed by atoms with Gasteiger partial charge in [0, 0.05) is 4.88 Å². The Morgan fingerprint density at radius 1 is 1.30 bits per heavy atom. The molecule has 0 radical (unpaired) electrons. The molecule has 0 saturated heterocycles. The number of amides is 2. The molecule has 1 aliphatic rings. The van der Waals surface area contributed by atoms with Crippen LogP contribution in [-0.4, -0.2) is 26.0 Å². The first kappa shape index (κ1) is 19.6. The predicted octanol–water partition coefficient (Wildman–Crippen LogP) is 3.02. The van der Waals surface area contributed by atoms with Crippen LogP contribution in [0, 0.1) is 5.92 Å². The maximum Gasteiger partial charge on any atom is 0.257 e. The number of carbonyl (C=O) groups is 2. The third-order valence-corrected chi connectivity index (χ3v) is 7.79. The number of primary amides is 1. The summed E-state index contributed by atoms with van der Waals surface area (Å²) in [5, 5.41) is 3.13. The van der Waals surface area contributed by atoms with Gasteiger partial charge in [-0.05, 0) is 42.9 Å². The second-order valence-electron chi connectivity index (χ2n) is 6.77. The summed E-state index contributed by atoms with van der Waals surface area (Å²) in [5.74, 6) is -0.728. The summed E-state index contributed by atoms with van der Waals surface area (Å²) in [5.41, 5.74) is 6.90. The van der Waals surface area contributed by atoms with Gasteiger partial charge in [0.2, 0.25) is 0 Å². The van der Waals surface area contributed by atoms with Crippen molar-refractivity contribution in [3.63, 3.8) is 0 Å². The van der Waals surface area contributed by atoms with E-state index in [0.29, 0.717) is 16.5 Å². The van der Waals surface area contributed by atoms with Crippen molar-refractivity contribution in [1.29, 1.82) is 0 Å². The number of carbonyl (C=O) groups excluding carboxylic acids is 2. The van der Waals surface area contributed by atoms with Crippen LogP contribution in [0.2, 0.25) is 0 Å². The molecule has 144 valence electrons. The van der Waals surface area contributed by atoms with Gasteiger partial charge in [0.05, 0.1) is 21.8 Å². The summed E-state index contributed by atoms with van der Waals surface area (Å²) in [6.07, 6.45) is 2.56. The summed E-state index contributed by atoms with van der Waals surface area (Å²) in [7, 11) is -3.55.